The van der Waals surface area contributed by atoms with Crippen molar-refractivity contribution in [1.29, 1.82) is 0 Å². The Hall–Kier alpha value is -2.70. The van der Waals surface area contributed by atoms with Crippen molar-refractivity contribution in [3.63, 3.8) is 0 Å². The summed E-state index contributed by atoms with van der Waals surface area (Å²) in [5.74, 6) is 0.208. The summed E-state index contributed by atoms with van der Waals surface area (Å²) in [5, 5.41) is 14.5. The number of nitrogens with zero attached hydrogens (tertiary/aromatic N) is 4. The van der Waals surface area contributed by atoms with Crippen LogP contribution in [-0.4, -0.2) is 38.6 Å². The Bertz CT molecular complexity index is 714. The van der Waals surface area contributed by atoms with Crippen molar-refractivity contribution in [3.05, 3.63) is 58.3 Å². The van der Waals surface area contributed by atoms with E-state index in [1.54, 1.807) is 0 Å². The molecule has 0 saturated carbocycles. The first-order valence-corrected chi connectivity index (χ1v) is 8.14. The molecule has 0 unspecified atom stereocenters. The number of hydrogen-bond donors (Lipinski definition) is 0. The largest absolute Gasteiger partial charge is 0.389 e. The molecule has 1 atom stereocenters. The summed E-state index contributed by atoms with van der Waals surface area (Å²) in [6, 6.07) is 11.7. The van der Waals surface area contributed by atoms with E-state index in [2.05, 4.69) is 17.2 Å². The zero-order valence-electron chi connectivity index (χ0n) is 13.4. The Morgan fingerprint density at radius 2 is 2.00 bits per heavy atom. The van der Waals surface area contributed by atoms with Crippen LogP contribution in [-0.2, 0) is 11.3 Å². The van der Waals surface area contributed by atoms with Gasteiger partial charge in [0.15, 0.2) is 0 Å². The average molecular weight is 328 g/mol. The fourth-order valence-corrected chi connectivity index (χ4v) is 3.18. The van der Waals surface area contributed by atoms with Crippen molar-refractivity contribution in [2.45, 2.75) is 31.7 Å². The molecule has 1 amide bonds. The highest BCUT2D eigenvalue weighted by Crippen LogP contribution is 2.27. The molecule has 0 spiro atoms. The minimum Gasteiger partial charge on any atom is -0.358 e. The lowest BCUT2D eigenvalue weighted by Gasteiger charge is -2.20. The van der Waals surface area contributed by atoms with E-state index in [-0.39, 0.29) is 18.3 Å². The van der Waals surface area contributed by atoms with Crippen LogP contribution in [0.3, 0.4) is 0 Å². The average Bonchev–Trinajstić information content (AvgIpc) is 2.91. The Balaban J connectivity index is 1.59. The fourth-order valence-electron chi connectivity index (χ4n) is 3.18. The van der Waals surface area contributed by atoms with Crippen molar-refractivity contribution < 1.29 is 9.72 Å². The molecule has 24 heavy (non-hydrogen) atoms. The van der Waals surface area contributed by atoms with Crippen LogP contribution in [0.15, 0.2) is 42.6 Å². The third kappa shape index (κ3) is 3.79. The topological polar surface area (TPSA) is 81.3 Å². The molecule has 126 valence electrons. The van der Waals surface area contributed by atoms with Crippen LogP contribution in [0.2, 0.25) is 0 Å². The molecule has 1 fully saturated rings. The molecule has 1 aliphatic heterocycles. The van der Waals surface area contributed by atoms with Gasteiger partial charge in [-0.1, -0.05) is 30.3 Å². The second kappa shape index (κ2) is 7.25. The van der Waals surface area contributed by atoms with Gasteiger partial charge in [-0.2, -0.15) is 4.68 Å². The molecular formula is C17H20N4O3. The molecule has 0 radical (unpaired) electrons. The summed E-state index contributed by atoms with van der Waals surface area (Å²) in [6.07, 6.45) is 4.45. The van der Waals surface area contributed by atoms with Gasteiger partial charge in [0.2, 0.25) is 5.91 Å². The smallest absolute Gasteiger partial charge is 0.358 e. The summed E-state index contributed by atoms with van der Waals surface area (Å²) in [6.45, 7) is 1.48. The molecule has 3 rings (SSSR count). The molecule has 0 bridgehead atoms. The maximum absolute atomic E-state index is 12.4. The zero-order valence-corrected chi connectivity index (χ0v) is 13.4. The number of likely N-dealkylation sites (tertiary alicyclic amines) is 1. The second-order valence-corrected chi connectivity index (χ2v) is 6.05. The number of aromatic nitrogens is 2. The van der Waals surface area contributed by atoms with Gasteiger partial charge in [-0.05, 0) is 35.7 Å². The van der Waals surface area contributed by atoms with Crippen molar-refractivity contribution in [1.82, 2.24) is 14.7 Å². The number of benzene rings is 1. The molecular weight excluding hydrogens is 308 g/mol. The first kappa shape index (κ1) is 16.2. The van der Waals surface area contributed by atoms with Crippen LogP contribution in [0.1, 0.15) is 30.7 Å². The number of rotatable bonds is 4. The Morgan fingerprint density at radius 3 is 2.71 bits per heavy atom. The van der Waals surface area contributed by atoms with E-state index in [4.69, 9.17) is 0 Å². The number of carbonyl (C=O) groups excluding carboxylic acids is 1. The molecule has 1 aromatic heterocycles. The van der Waals surface area contributed by atoms with Crippen molar-refractivity contribution in [3.8, 4) is 0 Å². The monoisotopic (exact) mass is 328 g/mol. The van der Waals surface area contributed by atoms with E-state index >= 15 is 0 Å². The molecule has 2 aromatic rings. The first-order chi connectivity index (χ1) is 11.6. The van der Waals surface area contributed by atoms with E-state index in [0.717, 1.165) is 25.8 Å². The van der Waals surface area contributed by atoms with E-state index in [1.165, 1.54) is 22.5 Å². The molecule has 2 heterocycles. The Morgan fingerprint density at radius 1 is 1.21 bits per heavy atom. The van der Waals surface area contributed by atoms with Gasteiger partial charge < -0.3 is 15.0 Å². The molecule has 0 aliphatic carbocycles. The fraction of sp³-hybridized carbons (Fsp3) is 0.412. The lowest BCUT2D eigenvalue weighted by Crippen LogP contribution is -2.34. The summed E-state index contributed by atoms with van der Waals surface area (Å²) in [5.41, 5.74) is 1.33. The summed E-state index contributed by atoms with van der Waals surface area (Å²) in [4.78, 5) is 24.4. The van der Waals surface area contributed by atoms with Crippen LogP contribution in [0, 0.1) is 10.1 Å². The van der Waals surface area contributed by atoms with Gasteiger partial charge >= 0.3 is 5.82 Å². The maximum Gasteiger partial charge on any atom is 0.389 e. The van der Waals surface area contributed by atoms with Crippen molar-refractivity contribution in [2.24, 2.45) is 0 Å². The minimum absolute atomic E-state index is 0.0401. The van der Waals surface area contributed by atoms with E-state index in [1.807, 2.05) is 23.1 Å². The standard InChI is InChI=1S/C17H20N4O3/c22-17(13-20-12-9-16(18-20)21(23)24)19-10-4-7-15(8-11-19)14-5-2-1-3-6-14/h1-3,5-6,9,12,15H,4,7-8,10-11,13H2/t15-/m0/s1. The van der Waals surface area contributed by atoms with Crippen LogP contribution < -0.4 is 0 Å². The number of amides is 1. The lowest BCUT2D eigenvalue weighted by molar-refractivity contribution is -0.389. The lowest BCUT2D eigenvalue weighted by atomic mass is 9.92. The van der Waals surface area contributed by atoms with Crippen molar-refractivity contribution >= 4 is 11.7 Å². The third-order valence-corrected chi connectivity index (χ3v) is 4.46. The highest BCUT2D eigenvalue weighted by Gasteiger charge is 2.23. The van der Waals surface area contributed by atoms with Crippen molar-refractivity contribution in [2.75, 3.05) is 13.1 Å². The predicted molar refractivity (Wildman–Crippen MR) is 88.5 cm³/mol. The van der Waals surface area contributed by atoms with Gasteiger partial charge in [0.25, 0.3) is 0 Å². The minimum atomic E-state index is -0.558. The molecule has 1 saturated heterocycles. The summed E-state index contributed by atoms with van der Waals surface area (Å²) >= 11 is 0. The SMILES string of the molecule is O=C(Cn1ccc([N+](=O)[O-])n1)N1CCC[C@H](c2ccccc2)CC1. The zero-order chi connectivity index (χ0) is 16.9. The summed E-state index contributed by atoms with van der Waals surface area (Å²) < 4.78 is 1.33. The Labute approximate surface area is 140 Å². The van der Waals surface area contributed by atoms with Gasteiger partial charge in [0.1, 0.15) is 6.54 Å². The third-order valence-electron chi connectivity index (χ3n) is 4.46. The number of hydrogen-bond acceptors (Lipinski definition) is 4. The van der Waals surface area contributed by atoms with Crippen LogP contribution in [0.5, 0.6) is 0 Å². The quantitative estimate of drug-likeness (QED) is 0.638. The van der Waals surface area contributed by atoms with Gasteiger partial charge in [-0.25, -0.2) is 0 Å². The van der Waals surface area contributed by atoms with Crippen LogP contribution in [0.25, 0.3) is 0 Å². The predicted octanol–water partition coefficient (Wildman–Crippen LogP) is 2.59. The van der Waals surface area contributed by atoms with Gasteiger partial charge in [-0.15, -0.1) is 0 Å². The normalized spacial score (nSPS) is 18.2. The van der Waals surface area contributed by atoms with E-state index < -0.39 is 4.92 Å². The molecule has 1 aromatic carbocycles. The summed E-state index contributed by atoms with van der Waals surface area (Å²) in [7, 11) is 0. The molecule has 7 nitrogen and oxygen atoms in total. The number of carbonyl (C=O) groups is 1. The Kier molecular flexibility index (Phi) is 4.88. The molecule has 0 N–H and O–H groups in total. The number of nitro groups is 1. The van der Waals surface area contributed by atoms with E-state index in [9.17, 15) is 14.9 Å². The highest BCUT2D eigenvalue weighted by molar-refractivity contribution is 5.76. The van der Waals surface area contributed by atoms with Gasteiger partial charge in [0, 0.05) is 13.1 Å². The van der Waals surface area contributed by atoms with Gasteiger partial charge in [0.05, 0.1) is 17.4 Å². The molecule has 7 heteroatoms. The van der Waals surface area contributed by atoms with Gasteiger partial charge in [-0.3, -0.25) is 4.79 Å². The molecule has 1 aliphatic rings. The van der Waals surface area contributed by atoms with Crippen LogP contribution in [0.4, 0.5) is 5.82 Å². The highest BCUT2D eigenvalue weighted by atomic mass is 16.6. The maximum atomic E-state index is 12.4. The second-order valence-electron chi connectivity index (χ2n) is 6.05. The van der Waals surface area contributed by atoms with E-state index in [0.29, 0.717) is 12.5 Å². The first-order valence-electron chi connectivity index (χ1n) is 8.14. The van der Waals surface area contributed by atoms with Crippen LogP contribution >= 0.6 is 0 Å².